The molecule has 7 aromatic rings. The number of halogens is 3. The second-order valence-electron chi connectivity index (χ2n) is 20.9. The van der Waals surface area contributed by atoms with Gasteiger partial charge in [-0.15, -0.1) is 26.7 Å². The Morgan fingerprint density at radius 1 is 0.835 bits per heavy atom. The molecule has 4 atom stereocenters. The van der Waals surface area contributed by atoms with Crippen molar-refractivity contribution in [1.82, 2.24) is 38.7 Å². The third-order valence-electron chi connectivity index (χ3n) is 13.7. The van der Waals surface area contributed by atoms with E-state index in [1.54, 1.807) is 44.5 Å². The molecule has 0 saturated carbocycles. The fraction of sp³-hybridized carbons (Fsp3) is 0.386. The Morgan fingerprint density at radius 3 is 2.01 bits per heavy atom. The van der Waals surface area contributed by atoms with Crippen LogP contribution in [0.15, 0.2) is 120 Å². The molecule has 18 nitrogen and oxygen atoms in total. The van der Waals surface area contributed by atoms with E-state index in [1.165, 1.54) is 14.1 Å². The van der Waals surface area contributed by atoms with Crippen LogP contribution in [0.1, 0.15) is 97.7 Å². The van der Waals surface area contributed by atoms with Gasteiger partial charge in [-0.2, -0.15) is 12.7 Å². The third-order valence-corrected chi connectivity index (χ3v) is 16.1. The van der Waals surface area contributed by atoms with Crippen LogP contribution < -0.4 is 31.7 Å². The molecule has 422 valence electrons. The van der Waals surface area contributed by atoms with E-state index in [0.717, 1.165) is 68.1 Å². The number of aromatic nitrogens is 5. The maximum absolute atomic E-state index is 14.3. The van der Waals surface area contributed by atoms with Crippen molar-refractivity contribution in [3.05, 3.63) is 169 Å². The number of methoxy groups -OCH3 is 1. The van der Waals surface area contributed by atoms with Crippen molar-refractivity contribution in [2.45, 2.75) is 96.1 Å². The highest BCUT2D eigenvalue weighted by molar-refractivity contribution is 7.87. The molecular formula is C57H70Cl3N11O7S. The topological polar surface area (TPSA) is 215 Å². The van der Waals surface area contributed by atoms with Gasteiger partial charge in [-0.25, -0.2) is 9.31 Å². The molecule has 2 aliphatic heterocycles. The number of anilines is 2. The smallest absolute Gasteiger partial charge is 0.407 e. The van der Waals surface area contributed by atoms with Crippen LogP contribution in [-0.4, -0.2) is 120 Å². The monoisotopic (exact) mass is 1160 g/mol. The van der Waals surface area contributed by atoms with Crippen molar-refractivity contribution in [2.24, 2.45) is 5.73 Å². The molecule has 2 aliphatic rings. The predicted molar refractivity (Wildman–Crippen MR) is 314 cm³/mol. The number of ether oxygens (including phenoxy) is 2. The Balaban J connectivity index is 0.000000243. The summed E-state index contributed by atoms with van der Waals surface area (Å²) in [5, 5.41) is 16.5. The van der Waals surface area contributed by atoms with Crippen molar-refractivity contribution < 1.29 is 27.5 Å². The molecule has 79 heavy (non-hydrogen) atoms. The summed E-state index contributed by atoms with van der Waals surface area (Å²) in [6, 6.07) is 33.3. The molecule has 2 fully saturated rings. The number of rotatable bonds is 15. The number of alkyl carbamates (subject to hydrolysis) is 1. The quantitative estimate of drug-likeness (QED) is 0.0757. The van der Waals surface area contributed by atoms with Crippen LogP contribution in [0.2, 0.25) is 10.0 Å². The number of hydrogen-bond acceptors (Lipinski definition) is 12. The molecule has 5 N–H and O–H groups in total. The van der Waals surface area contributed by atoms with E-state index in [0.29, 0.717) is 52.5 Å². The molecule has 2 saturated heterocycles. The van der Waals surface area contributed by atoms with Crippen LogP contribution in [0, 0.1) is 0 Å². The minimum absolute atomic E-state index is 0. The zero-order valence-corrected chi connectivity index (χ0v) is 48.6. The summed E-state index contributed by atoms with van der Waals surface area (Å²) in [5.41, 5.74) is 11.3. The number of nitrogens with zero attached hydrogens (tertiary/aromatic N) is 7. The number of nitrogens with one attached hydrogen (secondary N) is 3. The fourth-order valence-electron chi connectivity index (χ4n) is 9.81. The minimum atomic E-state index is -4.21. The lowest BCUT2D eigenvalue weighted by Crippen LogP contribution is -2.50. The summed E-state index contributed by atoms with van der Waals surface area (Å²) in [6.45, 7) is 9.52. The van der Waals surface area contributed by atoms with Crippen LogP contribution >= 0.6 is 35.6 Å². The number of carbonyl (C=O) groups excluding carboxylic acids is 2. The number of carbonyl (C=O) groups is 2. The largest absolute Gasteiger partial charge is 0.444 e. The Hall–Kier alpha value is -6.45. The number of aromatic amines is 1. The van der Waals surface area contributed by atoms with Crippen molar-refractivity contribution in [3.8, 4) is 11.3 Å². The first kappa shape index (κ1) is 60.2. The summed E-state index contributed by atoms with van der Waals surface area (Å²) < 4.78 is 42.5. The molecule has 22 heteroatoms. The van der Waals surface area contributed by atoms with Gasteiger partial charge in [-0.1, -0.05) is 120 Å². The van der Waals surface area contributed by atoms with Gasteiger partial charge in [0.05, 0.1) is 24.0 Å². The SMILES string of the molecule is COC(C)C(NC(=O)c1nn(S(=O)(=O)N(C)C)c(N2CCC[C@@H](NC(=O)OC(C)(C)C)C2)c1Cc1ccccc1Cl)c1ccccc1.Cl.N[C@@H]1CCCN(c2nn3cc(-c4ccccc4)[nH]c(=O)c3c2Cc2ccccc2Cl)C1. The maximum Gasteiger partial charge on any atom is 0.407 e. The predicted octanol–water partition coefficient (Wildman–Crippen LogP) is 9.06. The van der Waals surface area contributed by atoms with Crippen LogP contribution in [0.5, 0.6) is 0 Å². The molecule has 3 aromatic heterocycles. The summed E-state index contributed by atoms with van der Waals surface area (Å²) in [5.74, 6) is 0.473. The molecule has 0 aliphatic carbocycles. The molecule has 2 amide bonds. The molecule has 5 heterocycles. The Kier molecular flexibility index (Phi) is 20.0. The summed E-state index contributed by atoms with van der Waals surface area (Å²) in [6.07, 6.45) is 4.86. The Morgan fingerprint density at radius 2 is 1.42 bits per heavy atom. The van der Waals surface area contributed by atoms with Gasteiger partial charge in [0.2, 0.25) is 0 Å². The number of nitrogens with two attached hydrogens (primary N) is 1. The number of benzene rings is 4. The molecular weight excluding hydrogens is 1090 g/mol. The van der Waals surface area contributed by atoms with Crippen molar-refractivity contribution >= 4 is 75.0 Å². The van der Waals surface area contributed by atoms with E-state index >= 15 is 0 Å². The van der Waals surface area contributed by atoms with E-state index in [-0.39, 0.29) is 54.5 Å². The zero-order valence-electron chi connectivity index (χ0n) is 45.5. The number of hydrogen-bond donors (Lipinski definition) is 4. The van der Waals surface area contributed by atoms with Gasteiger partial charge in [0.15, 0.2) is 11.5 Å². The van der Waals surface area contributed by atoms with E-state index in [4.69, 9.17) is 43.5 Å². The van der Waals surface area contributed by atoms with E-state index in [9.17, 15) is 22.8 Å². The van der Waals surface area contributed by atoms with Crippen LogP contribution in [-0.2, 0) is 32.5 Å². The van der Waals surface area contributed by atoms with E-state index in [1.807, 2.05) is 115 Å². The van der Waals surface area contributed by atoms with Gasteiger partial charge in [-0.05, 0) is 87.8 Å². The van der Waals surface area contributed by atoms with Gasteiger partial charge in [-0.3, -0.25) is 9.59 Å². The van der Waals surface area contributed by atoms with Gasteiger partial charge in [0.1, 0.15) is 16.9 Å². The highest BCUT2D eigenvalue weighted by Crippen LogP contribution is 2.35. The first-order valence-electron chi connectivity index (χ1n) is 26.1. The van der Waals surface area contributed by atoms with E-state index in [2.05, 4.69) is 25.6 Å². The summed E-state index contributed by atoms with van der Waals surface area (Å²) in [4.78, 5) is 47.3. The lowest BCUT2D eigenvalue weighted by Gasteiger charge is -2.35. The van der Waals surface area contributed by atoms with Crippen molar-refractivity contribution in [3.63, 3.8) is 0 Å². The molecule has 9 rings (SSSR count). The number of H-pyrrole nitrogens is 1. The second kappa shape index (κ2) is 26.2. The molecule has 0 bridgehead atoms. The number of fused-ring (bicyclic) bond motifs is 1. The molecule has 4 aromatic carbocycles. The first-order chi connectivity index (χ1) is 37.2. The number of amides is 2. The Labute approximate surface area is 478 Å². The maximum atomic E-state index is 14.3. The third kappa shape index (κ3) is 14.5. The zero-order chi connectivity index (χ0) is 55.9. The van der Waals surface area contributed by atoms with Gasteiger partial charge in [0, 0.05) is 93.5 Å². The average molecular weight is 1160 g/mol. The first-order valence-corrected chi connectivity index (χ1v) is 28.2. The van der Waals surface area contributed by atoms with Gasteiger partial charge < -0.3 is 40.6 Å². The van der Waals surface area contributed by atoms with E-state index < -0.39 is 40.0 Å². The van der Waals surface area contributed by atoms with Crippen LogP contribution in [0.4, 0.5) is 16.4 Å². The number of piperidine rings is 2. The summed E-state index contributed by atoms with van der Waals surface area (Å²) in [7, 11) is 0.158. The van der Waals surface area contributed by atoms with Gasteiger partial charge >= 0.3 is 16.3 Å². The van der Waals surface area contributed by atoms with Crippen molar-refractivity contribution in [2.75, 3.05) is 57.2 Å². The fourth-order valence-corrected chi connectivity index (χ4v) is 11.2. The highest BCUT2D eigenvalue weighted by Gasteiger charge is 2.37. The Bertz CT molecular complexity index is 3390. The normalized spacial score (nSPS) is 16.6. The van der Waals surface area contributed by atoms with Crippen molar-refractivity contribution in [1.29, 1.82) is 0 Å². The lowest BCUT2D eigenvalue weighted by atomic mass is 10.00. The minimum Gasteiger partial charge on any atom is -0.444 e. The lowest BCUT2D eigenvalue weighted by molar-refractivity contribution is 0.0499. The molecule has 0 radical (unpaired) electrons. The molecule has 2 unspecified atom stereocenters. The van der Waals surface area contributed by atoms with Crippen LogP contribution in [0.25, 0.3) is 16.8 Å². The molecule has 0 spiro atoms. The standard InChI is InChI=1S/C33H45ClN6O6S.C24H24ClN5O.ClH/c1-22(45-7)28(23-14-9-8-10-15-23)36-30(41)29-26(20-24-16-11-12-18-27(24)34)31(40(37-29)47(43,44)38(5)6)39-19-13-17-25(21-39)35-32(42)46-33(2,3)4;25-20-11-5-4-9-17(20)13-19-22-24(31)27-21(16-7-2-1-3-8-16)15-30(22)28-23(19)29-12-6-10-18(26)14-29;/h8-12,14-16,18,22,25,28H,13,17,19-21H2,1-7H3,(H,35,42)(H,36,41);1-5,7-9,11,15,18H,6,10,12-14,26H2,(H,27,31);1H/t22?,25-,28?;18-;/m11./s1. The second-order valence-corrected chi connectivity index (χ2v) is 23.6. The average Bonchev–Trinajstić information content (AvgIpc) is 4.11. The summed E-state index contributed by atoms with van der Waals surface area (Å²) >= 11 is 13.1. The van der Waals surface area contributed by atoms with Crippen LogP contribution in [0.3, 0.4) is 0 Å². The highest BCUT2D eigenvalue weighted by atomic mass is 35.5. The van der Waals surface area contributed by atoms with Gasteiger partial charge in [0.25, 0.3) is 11.5 Å².